The van der Waals surface area contributed by atoms with Gasteiger partial charge in [-0.3, -0.25) is 9.59 Å². The second kappa shape index (κ2) is 8.24. The van der Waals surface area contributed by atoms with E-state index in [4.69, 9.17) is 4.74 Å². The van der Waals surface area contributed by atoms with Crippen molar-refractivity contribution in [3.63, 3.8) is 0 Å². The number of rotatable bonds is 6. The number of carbonyl (C=O) groups excluding carboxylic acids is 3. The highest BCUT2D eigenvalue weighted by atomic mass is 16.5. The zero-order chi connectivity index (χ0) is 20.3. The lowest BCUT2D eigenvalue weighted by Gasteiger charge is -2.18. The van der Waals surface area contributed by atoms with E-state index in [1.807, 2.05) is 13.8 Å². The van der Waals surface area contributed by atoms with Crippen molar-refractivity contribution >= 4 is 29.3 Å². The molecule has 3 rings (SSSR count). The summed E-state index contributed by atoms with van der Waals surface area (Å²) in [5.74, 6) is -0.479. The predicted octanol–water partition coefficient (Wildman–Crippen LogP) is 2.77. The first kappa shape index (κ1) is 19.6. The SMILES string of the molecule is CC(OC(=O)c1cccc(N2CCCC2=O)c1)C(=O)Nc1ccnn1C(C)C. The molecule has 1 aromatic carbocycles. The number of hydrogen-bond donors (Lipinski definition) is 1. The average molecular weight is 384 g/mol. The first-order chi connectivity index (χ1) is 13.4. The molecule has 0 aliphatic carbocycles. The van der Waals surface area contributed by atoms with Crippen LogP contribution in [0.3, 0.4) is 0 Å². The van der Waals surface area contributed by atoms with Crippen molar-refractivity contribution < 1.29 is 19.1 Å². The summed E-state index contributed by atoms with van der Waals surface area (Å²) in [6, 6.07) is 8.46. The molecule has 28 heavy (non-hydrogen) atoms. The van der Waals surface area contributed by atoms with Gasteiger partial charge in [0.2, 0.25) is 5.91 Å². The van der Waals surface area contributed by atoms with Crippen molar-refractivity contribution in [2.24, 2.45) is 0 Å². The summed E-state index contributed by atoms with van der Waals surface area (Å²) in [6.45, 7) is 6.05. The number of esters is 1. The summed E-state index contributed by atoms with van der Waals surface area (Å²) < 4.78 is 6.98. The molecular weight excluding hydrogens is 360 g/mol. The van der Waals surface area contributed by atoms with Gasteiger partial charge >= 0.3 is 5.97 Å². The molecule has 0 radical (unpaired) electrons. The van der Waals surface area contributed by atoms with Crippen molar-refractivity contribution in [1.82, 2.24) is 9.78 Å². The monoisotopic (exact) mass is 384 g/mol. The second-order valence-electron chi connectivity index (χ2n) is 6.99. The molecule has 1 aliphatic rings. The molecule has 1 unspecified atom stereocenters. The Morgan fingerprint density at radius 2 is 2.00 bits per heavy atom. The molecule has 0 bridgehead atoms. The number of aromatic nitrogens is 2. The van der Waals surface area contributed by atoms with Gasteiger partial charge in [0, 0.05) is 30.8 Å². The molecular formula is C20H24N4O4. The fraction of sp³-hybridized carbons (Fsp3) is 0.400. The van der Waals surface area contributed by atoms with E-state index in [0.29, 0.717) is 30.0 Å². The Balaban J connectivity index is 1.64. The van der Waals surface area contributed by atoms with Gasteiger partial charge in [0.1, 0.15) is 5.82 Å². The second-order valence-corrected chi connectivity index (χ2v) is 6.99. The number of benzene rings is 1. The maximum absolute atomic E-state index is 12.5. The maximum Gasteiger partial charge on any atom is 0.338 e. The van der Waals surface area contributed by atoms with Gasteiger partial charge < -0.3 is 15.0 Å². The molecule has 2 aromatic rings. The molecule has 8 heteroatoms. The van der Waals surface area contributed by atoms with Gasteiger partial charge in [-0.25, -0.2) is 9.48 Å². The molecule has 1 aliphatic heterocycles. The Kier molecular flexibility index (Phi) is 5.77. The summed E-state index contributed by atoms with van der Waals surface area (Å²) in [4.78, 5) is 38.4. The number of nitrogens with zero attached hydrogens (tertiary/aromatic N) is 3. The van der Waals surface area contributed by atoms with Gasteiger partial charge in [0.05, 0.1) is 11.8 Å². The number of nitrogens with one attached hydrogen (secondary N) is 1. The Labute approximate surface area is 163 Å². The molecule has 1 saturated heterocycles. The van der Waals surface area contributed by atoms with Crippen molar-refractivity contribution in [1.29, 1.82) is 0 Å². The van der Waals surface area contributed by atoms with Gasteiger partial charge in [-0.15, -0.1) is 0 Å². The molecule has 2 amide bonds. The summed E-state index contributed by atoms with van der Waals surface area (Å²) in [6.07, 6.45) is 1.92. The van der Waals surface area contributed by atoms with Crippen molar-refractivity contribution in [2.75, 3.05) is 16.8 Å². The Hall–Kier alpha value is -3.16. The largest absolute Gasteiger partial charge is 0.449 e. The minimum absolute atomic E-state index is 0.0417. The van der Waals surface area contributed by atoms with Crippen LogP contribution in [0, 0.1) is 0 Å². The van der Waals surface area contributed by atoms with Crippen LogP contribution >= 0.6 is 0 Å². The van der Waals surface area contributed by atoms with Crippen molar-refractivity contribution in [2.45, 2.75) is 45.8 Å². The van der Waals surface area contributed by atoms with Gasteiger partial charge in [0.15, 0.2) is 6.10 Å². The lowest BCUT2D eigenvalue weighted by molar-refractivity contribution is -0.123. The molecule has 1 N–H and O–H groups in total. The summed E-state index contributed by atoms with van der Waals surface area (Å²) >= 11 is 0. The number of ether oxygens (including phenoxy) is 1. The number of carbonyl (C=O) groups is 3. The molecule has 148 valence electrons. The smallest absolute Gasteiger partial charge is 0.338 e. The quantitative estimate of drug-likeness (QED) is 0.773. The van der Waals surface area contributed by atoms with E-state index in [-0.39, 0.29) is 11.9 Å². The third kappa shape index (κ3) is 4.21. The van der Waals surface area contributed by atoms with Crippen LogP contribution in [0.4, 0.5) is 11.5 Å². The highest BCUT2D eigenvalue weighted by Gasteiger charge is 2.24. The Morgan fingerprint density at radius 1 is 1.21 bits per heavy atom. The Morgan fingerprint density at radius 3 is 2.68 bits per heavy atom. The Bertz CT molecular complexity index is 890. The van der Waals surface area contributed by atoms with Gasteiger partial charge in [-0.2, -0.15) is 5.10 Å². The lowest BCUT2D eigenvalue weighted by atomic mass is 10.2. The minimum Gasteiger partial charge on any atom is -0.449 e. The molecule has 0 spiro atoms. The molecule has 0 saturated carbocycles. The molecule has 1 aromatic heterocycles. The van der Waals surface area contributed by atoms with Crippen LogP contribution in [0.15, 0.2) is 36.5 Å². The van der Waals surface area contributed by atoms with E-state index in [9.17, 15) is 14.4 Å². The van der Waals surface area contributed by atoms with Crippen LogP contribution in [-0.4, -0.2) is 40.2 Å². The average Bonchev–Trinajstić information content (AvgIpc) is 3.30. The summed E-state index contributed by atoms with van der Waals surface area (Å²) in [5.41, 5.74) is 0.957. The van der Waals surface area contributed by atoms with Gasteiger partial charge in [0.25, 0.3) is 5.91 Å². The van der Waals surface area contributed by atoms with E-state index in [1.165, 1.54) is 6.92 Å². The van der Waals surface area contributed by atoms with E-state index >= 15 is 0 Å². The number of anilines is 2. The molecule has 1 fully saturated rings. The van der Waals surface area contributed by atoms with E-state index in [2.05, 4.69) is 10.4 Å². The third-order valence-corrected chi connectivity index (χ3v) is 4.53. The van der Waals surface area contributed by atoms with Crippen molar-refractivity contribution in [3.8, 4) is 0 Å². The van der Waals surface area contributed by atoms with E-state index in [1.54, 1.807) is 46.1 Å². The lowest BCUT2D eigenvalue weighted by Crippen LogP contribution is -2.31. The first-order valence-electron chi connectivity index (χ1n) is 9.32. The fourth-order valence-electron chi connectivity index (χ4n) is 3.06. The summed E-state index contributed by atoms with van der Waals surface area (Å²) in [5, 5.41) is 6.87. The standard InChI is InChI=1S/C20H24N4O4/c1-13(2)24-17(9-10-21-24)22-19(26)14(3)28-20(27)15-6-4-7-16(12-15)23-11-5-8-18(23)25/h4,6-7,9-10,12-14H,5,8,11H2,1-3H3,(H,22,26). The molecule has 8 nitrogen and oxygen atoms in total. The van der Waals surface area contributed by atoms with Crippen LogP contribution < -0.4 is 10.2 Å². The van der Waals surface area contributed by atoms with Crippen LogP contribution in [0.25, 0.3) is 0 Å². The number of amides is 2. The van der Waals surface area contributed by atoms with E-state index < -0.39 is 18.0 Å². The molecule has 1 atom stereocenters. The van der Waals surface area contributed by atoms with Crippen LogP contribution in [0.1, 0.15) is 50.0 Å². The zero-order valence-electron chi connectivity index (χ0n) is 16.2. The van der Waals surface area contributed by atoms with Gasteiger partial charge in [-0.05, 0) is 45.4 Å². The van der Waals surface area contributed by atoms with Crippen LogP contribution in [0.5, 0.6) is 0 Å². The zero-order valence-corrected chi connectivity index (χ0v) is 16.2. The third-order valence-electron chi connectivity index (χ3n) is 4.53. The van der Waals surface area contributed by atoms with Gasteiger partial charge in [-0.1, -0.05) is 6.07 Å². The summed E-state index contributed by atoms with van der Waals surface area (Å²) in [7, 11) is 0. The maximum atomic E-state index is 12.5. The normalized spacial score (nSPS) is 15.0. The van der Waals surface area contributed by atoms with Crippen molar-refractivity contribution in [3.05, 3.63) is 42.1 Å². The minimum atomic E-state index is -0.986. The highest BCUT2D eigenvalue weighted by Crippen LogP contribution is 2.23. The topological polar surface area (TPSA) is 93.5 Å². The van der Waals surface area contributed by atoms with Crippen LogP contribution in [-0.2, 0) is 14.3 Å². The molecule has 2 heterocycles. The predicted molar refractivity (Wildman–Crippen MR) is 104 cm³/mol. The fourth-order valence-corrected chi connectivity index (χ4v) is 3.06. The highest BCUT2D eigenvalue weighted by molar-refractivity contribution is 5.99. The number of hydrogen-bond acceptors (Lipinski definition) is 5. The van der Waals surface area contributed by atoms with E-state index in [0.717, 1.165) is 6.42 Å². The first-order valence-corrected chi connectivity index (χ1v) is 9.32. The van der Waals surface area contributed by atoms with Crippen LogP contribution in [0.2, 0.25) is 0 Å².